The summed E-state index contributed by atoms with van der Waals surface area (Å²) in [6.45, 7) is 1.72. The molecule has 526 valence electrons. The van der Waals surface area contributed by atoms with Crippen LogP contribution in [0, 0.1) is 0 Å². The van der Waals surface area contributed by atoms with E-state index in [2.05, 4.69) is 19.2 Å². The smallest absolute Gasteiger partial charge is 0.220 e. The maximum Gasteiger partial charge on any atom is 0.220 e. The fourth-order valence-electron chi connectivity index (χ4n) is 12.7. The Bertz CT molecular complexity index is 1670. The topological polar surface area (TPSA) is 307 Å². The first kappa shape index (κ1) is 81.8. The zero-order chi connectivity index (χ0) is 64.7. The van der Waals surface area contributed by atoms with Gasteiger partial charge < -0.3 is 89.9 Å². The first-order valence-corrected chi connectivity index (χ1v) is 36.4. The number of carbonyl (C=O) groups is 1. The van der Waals surface area contributed by atoms with Crippen molar-refractivity contribution in [2.45, 2.75) is 401 Å². The van der Waals surface area contributed by atoms with Gasteiger partial charge in [-0.25, -0.2) is 0 Å². The van der Waals surface area contributed by atoms with Gasteiger partial charge in [-0.2, -0.15) is 0 Å². The third-order valence-electron chi connectivity index (χ3n) is 18.6. The van der Waals surface area contributed by atoms with Crippen LogP contribution in [-0.4, -0.2) is 193 Å². The van der Waals surface area contributed by atoms with Crippen LogP contribution in [0.2, 0.25) is 0 Å². The molecule has 0 aliphatic carbocycles. The van der Waals surface area contributed by atoms with Crippen LogP contribution in [0.15, 0.2) is 12.2 Å². The minimum atomic E-state index is -1.97. The second-order valence-electron chi connectivity index (χ2n) is 26.4. The van der Waals surface area contributed by atoms with E-state index in [0.717, 1.165) is 44.9 Å². The minimum Gasteiger partial charge on any atom is -0.394 e. The molecule has 3 fully saturated rings. The first-order chi connectivity index (χ1) is 43.3. The maximum atomic E-state index is 13.3. The summed E-state index contributed by atoms with van der Waals surface area (Å²) >= 11 is 0. The number of aliphatic hydroxyl groups excluding tert-OH is 11. The average Bonchev–Trinajstić information content (AvgIpc) is 1.06. The molecule has 3 aliphatic rings. The Morgan fingerprint density at radius 2 is 0.697 bits per heavy atom. The van der Waals surface area contributed by atoms with E-state index in [1.807, 2.05) is 6.08 Å². The molecular weight excluding hydrogens is 1140 g/mol. The van der Waals surface area contributed by atoms with Crippen LogP contribution in [0.3, 0.4) is 0 Å². The Labute approximate surface area is 537 Å². The molecule has 0 saturated carbocycles. The summed E-state index contributed by atoms with van der Waals surface area (Å²) in [5.41, 5.74) is 0. The van der Waals surface area contributed by atoms with Crippen LogP contribution in [0.1, 0.15) is 296 Å². The largest absolute Gasteiger partial charge is 0.394 e. The zero-order valence-corrected chi connectivity index (χ0v) is 55.7. The number of rotatable bonds is 57. The lowest BCUT2D eigenvalue weighted by Crippen LogP contribution is -2.66. The molecule has 0 spiro atoms. The fraction of sp³-hybridized carbons (Fsp3) is 0.957. The molecule has 89 heavy (non-hydrogen) atoms. The molecule has 19 nitrogen and oxygen atoms in total. The second kappa shape index (κ2) is 52.8. The maximum absolute atomic E-state index is 13.3. The summed E-state index contributed by atoms with van der Waals surface area (Å²) < 4.78 is 34.3. The molecule has 17 unspecified atom stereocenters. The molecule has 3 heterocycles. The Morgan fingerprint density at radius 3 is 1.06 bits per heavy atom. The Hall–Kier alpha value is -1.47. The molecule has 0 aromatic carbocycles. The molecular formula is C70H133NO18. The quantitative estimate of drug-likeness (QED) is 0.0199. The van der Waals surface area contributed by atoms with Gasteiger partial charge in [0, 0.05) is 6.42 Å². The van der Waals surface area contributed by atoms with Gasteiger partial charge in [0.1, 0.15) is 73.2 Å². The number of nitrogens with one attached hydrogen (secondary N) is 1. The Morgan fingerprint density at radius 1 is 0.393 bits per heavy atom. The number of hydrogen-bond acceptors (Lipinski definition) is 18. The van der Waals surface area contributed by atoms with E-state index in [-0.39, 0.29) is 18.9 Å². The average molecular weight is 1280 g/mol. The van der Waals surface area contributed by atoms with Gasteiger partial charge in [0.15, 0.2) is 18.9 Å². The van der Waals surface area contributed by atoms with E-state index in [9.17, 15) is 61.0 Å². The predicted octanol–water partition coefficient (Wildman–Crippen LogP) is 10.1. The zero-order valence-electron chi connectivity index (χ0n) is 55.7. The molecule has 0 radical (unpaired) electrons. The van der Waals surface area contributed by atoms with Crippen molar-refractivity contribution >= 4 is 5.91 Å². The number of carbonyl (C=O) groups excluding carboxylic acids is 1. The van der Waals surface area contributed by atoms with Crippen LogP contribution in [0.5, 0.6) is 0 Å². The summed E-state index contributed by atoms with van der Waals surface area (Å²) in [5.74, 6) is -0.272. The number of unbranched alkanes of at least 4 members (excludes halogenated alkanes) is 41. The normalized spacial score (nSPS) is 28.2. The lowest BCUT2D eigenvalue weighted by atomic mass is 9.96. The van der Waals surface area contributed by atoms with Crippen molar-refractivity contribution in [2.24, 2.45) is 0 Å². The molecule has 3 saturated heterocycles. The molecule has 19 heteroatoms. The number of hydrogen-bond donors (Lipinski definition) is 12. The number of allylic oxidation sites excluding steroid dienone is 1. The highest BCUT2D eigenvalue weighted by molar-refractivity contribution is 5.76. The number of aliphatic hydroxyl groups is 11. The van der Waals surface area contributed by atoms with Gasteiger partial charge in [-0.3, -0.25) is 4.79 Å². The summed E-state index contributed by atoms with van der Waals surface area (Å²) in [5, 5.41) is 120. The monoisotopic (exact) mass is 1280 g/mol. The SMILES string of the molecule is CCCCCCCCC/C=C/C(O)C(COC1OC(CO)C(OC2OC(CO)C(OC3OC(CO)C(O)C(O)C3O)C(O)C2O)C(O)C1O)NC(=O)CCCCCCCCCCCCCCCCCCCCCCCCCCCCCCCCCCCCC. The lowest BCUT2D eigenvalue weighted by Gasteiger charge is -2.48. The van der Waals surface area contributed by atoms with Gasteiger partial charge in [-0.1, -0.05) is 283 Å². The summed E-state index contributed by atoms with van der Waals surface area (Å²) in [4.78, 5) is 13.3. The molecule has 0 bridgehead atoms. The van der Waals surface area contributed by atoms with Gasteiger partial charge in [-0.05, 0) is 19.3 Å². The van der Waals surface area contributed by atoms with E-state index in [0.29, 0.717) is 6.42 Å². The highest BCUT2D eigenvalue weighted by Crippen LogP contribution is 2.33. The Balaban J connectivity index is 1.28. The predicted molar refractivity (Wildman–Crippen MR) is 347 cm³/mol. The molecule has 0 aromatic heterocycles. The highest BCUT2D eigenvalue weighted by Gasteiger charge is 2.53. The van der Waals surface area contributed by atoms with Crippen LogP contribution < -0.4 is 5.32 Å². The van der Waals surface area contributed by atoms with Gasteiger partial charge in [0.05, 0.1) is 38.6 Å². The summed E-state index contributed by atoms with van der Waals surface area (Å²) in [6.07, 6.45) is 32.6. The van der Waals surface area contributed by atoms with Crippen molar-refractivity contribution in [2.75, 3.05) is 26.4 Å². The van der Waals surface area contributed by atoms with Gasteiger partial charge in [0.25, 0.3) is 0 Å². The van der Waals surface area contributed by atoms with Crippen molar-refractivity contribution in [1.29, 1.82) is 0 Å². The third-order valence-corrected chi connectivity index (χ3v) is 18.6. The molecule has 3 aliphatic heterocycles. The third kappa shape index (κ3) is 34.7. The molecule has 17 atom stereocenters. The molecule has 1 amide bonds. The second-order valence-corrected chi connectivity index (χ2v) is 26.4. The van der Waals surface area contributed by atoms with Crippen molar-refractivity contribution in [3.63, 3.8) is 0 Å². The van der Waals surface area contributed by atoms with E-state index in [1.54, 1.807) is 6.08 Å². The number of amides is 1. The van der Waals surface area contributed by atoms with Crippen LogP contribution in [0.4, 0.5) is 0 Å². The van der Waals surface area contributed by atoms with Crippen molar-refractivity contribution in [3.8, 4) is 0 Å². The van der Waals surface area contributed by atoms with Crippen molar-refractivity contribution < 1.29 is 89.4 Å². The number of ether oxygens (including phenoxy) is 6. The van der Waals surface area contributed by atoms with Crippen LogP contribution in [-0.2, 0) is 33.2 Å². The van der Waals surface area contributed by atoms with Crippen molar-refractivity contribution in [3.05, 3.63) is 12.2 Å². The minimum absolute atomic E-state index is 0.249. The highest BCUT2D eigenvalue weighted by atomic mass is 16.8. The van der Waals surface area contributed by atoms with E-state index in [4.69, 9.17) is 28.4 Å². The molecule has 3 rings (SSSR count). The van der Waals surface area contributed by atoms with E-state index >= 15 is 0 Å². The van der Waals surface area contributed by atoms with Crippen LogP contribution >= 0.6 is 0 Å². The molecule has 12 N–H and O–H groups in total. The van der Waals surface area contributed by atoms with Gasteiger partial charge in [-0.15, -0.1) is 0 Å². The lowest BCUT2D eigenvalue weighted by molar-refractivity contribution is -0.379. The van der Waals surface area contributed by atoms with E-state index in [1.165, 1.54) is 225 Å². The first-order valence-electron chi connectivity index (χ1n) is 36.4. The van der Waals surface area contributed by atoms with E-state index < -0.39 is 124 Å². The summed E-state index contributed by atoms with van der Waals surface area (Å²) in [6, 6.07) is -0.967. The van der Waals surface area contributed by atoms with Gasteiger partial charge >= 0.3 is 0 Å². The van der Waals surface area contributed by atoms with Crippen LogP contribution in [0.25, 0.3) is 0 Å². The standard InChI is InChI=1S/C70H133NO18/c1-3-5-7-9-11-13-14-15-16-17-18-19-20-21-22-23-24-25-26-27-28-29-30-31-32-33-34-35-36-37-38-40-42-44-46-48-58(76)71-53(54(75)47-45-43-41-39-12-10-8-6-4-2)52-84-68-64(82)61(79)66(56(50-73)86-68)89-70-65(83)62(80)67(57(51-74)87-70)88-69-63(81)60(78)59(77)55(49-72)85-69/h45,47,53-57,59-70,72-75,77-83H,3-44,46,48-52H2,1-2H3,(H,71,76)/b47-45+. The van der Waals surface area contributed by atoms with Crippen molar-refractivity contribution in [1.82, 2.24) is 5.32 Å². The Kier molecular flexibility index (Phi) is 48.5. The summed E-state index contributed by atoms with van der Waals surface area (Å²) in [7, 11) is 0. The van der Waals surface area contributed by atoms with Gasteiger partial charge in [0.2, 0.25) is 5.91 Å². The molecule has 0 aromatic rings. The fourth-order valence-corrected chi connectivity index (χ4v) is 12.7.